The number of hydrazone groups is 1. The highest BCUT2D eigenvalue weighted by atomic mass is 79.9. The molecule has 0 unspecified atom stereocenters. The van der Waals surface area contributed by atoms with Gasteiger partial charge in [-0.2, -0.15) is 10.1 Å². The number of nitro benzene ring substituents is 1. The summed E-state index contributed by atoms with van der Waals surface area (Å²) in [6.45, 7) is 5.32. The zero-order valence-corrected chi connectivity index (χ0v) is 17.8. The van der Waals surface area contributed by atoms with Gasteiger partial charge in [0.1, 0.15) is 5.60 Å². The fourth-order valence-electron chi connectivity index (χ4n) is 4.37. The molecule has 0 spiro atoms. The fourth-order valence-corrected chi connectivity index (χ4v) is 4.83. The standard InChI is InChI=1S/C20H20BrN3O5/c1-20(2,3)29-17-12(7-13(21)8-14(17)24(27)28)9-22-23-18(25)15-10-4-5-11(6-10)16(15)19(23)26/h4-5,7-11,15-16H,6H2,1-3H3/t10-,11-,15-,16+/m0/s1. The number of carbonyl (C=O) groups is 2. The summed E-state index contributed by atoms with van der Waals surface area (Å²) in [6.07, 6.45) is 6.14. The van der Waals surface area contributed by atoms with Crippen LogP contribution in [0.15, 0.2) is 33.9 Å². The Balaban J connectivity index is 1.69. The van der Waals surface area contributed by atoms with E-state index in [1.807, 2.05) is 12.2 Å². The quantitative estimate of drug-likeness (QED) is 0.223. The van der Waals surface area contributed by atoms with Gasteiger partial charge in [-0.15, -0.1) is 0 Å². The predicted molar refractivity (Wildman–Crippen MR) is 108 cm³/mol. The zero-order valence-electron chi connectivity index (χ0n) is 16.2. The van der Waals surface area contributed by atoms with Crippen LogP contribution in [0.4, 0.5) is 5.69 Å². The summed E-state index contributed by atoms with van der Waals surface area (Å²) >= 11 is 3.26. The van der Waals surface area contributed by atoms with Crippen LogP contribution in [0.2, 0.25) is 0 Å². The third kappa shape index (κ3) is 3.37. The minimum Gasteiger partial charge on any atom is -0.481 e. The number of hydrogen-bond donors (Lipinski definition) is 0. The number of carbonyl (C=O) groups excluding carboxylic acids is 2. The minimum atomic E-state index is -0.692. The lowest BCUT2D eigenvalue weighted by molar-refractivity contribution is -0.386. The van der Waals surface area contributed by atoms with Gasteiger partial charge in [0.05, 0.1) is 23.0 Å². The van der Waals surface area contributed by atoms with Gasteiger partial charge in [-0.3, -0.25) is 19.7 Å². The molecule has 9 heteroatoms. The molecule has 3 aliphatic rings. The number of nitro groups is 1. The number of allylic oxidation sites excluding steroid dienone is 2. The van der Waals surface area contributed by atoms with E-state index in [1.165, 1.54) is 12.3 Å². The molecule has 1 aromatic rings. The Kier molecular flexibility index (Phi) is 4.60. The molecular weight excluding hydrogens is 442 g/mol. The first-order chi connectivity index (χ1) is 13.6. The lowest BCUT2D eigenvalue weighted by Crippen LogP contribution is -2.28. The maximum absolute atomic E-state index is 12.8. The van der Waals surface area contributed by atoms with Gasteiger partial charge in [-0.25, -0.2) is 0 Å². The molecule has 1 saturated carbocycles. The SMILES string of the molecule is CC(C)(C)Oc1c(C=NN2C(=O)[C@@H]3[C@H](C2=O)[C@H]2C=C[C@H]3C2)cc(Br)cc1[N+](=O)[O-]. The van der Waals surface area contributed by atoms with Crippen molar-refractivity contribution in [2.45, 2.75) is 32.8 Å². The largest absolute Gasteiger partial charge is 0.481 e. The van der Waals surface area contributed by atoms with E-state index in [4.69, 9.17) is 4.74 Å². The molecule has 4 atom stereocenters. The minimum absolute atomic E-state index is 0.0375. The van der Waals surface area contributed by atoms with E-state index in [-0.39, 0.29) is 46.9 Å². The Labute approximate surface area is 175 Å². The van der Waals surface area contributed by atoms with Gasteiger partial charge in [-0.05, 0) is 45.1 Å². The molecule has 2 amide bonds. The number of benzene rings is 1. The number of ether oxygens (including phenoxy) is 1. The second-order valence-corrected chi connectivity index (χ2v) is 9.46. The van der Waals surface area contributed by atoms with E-state index in [9.17, 15) is 19.7 Å². The first-order valence-corrected chi connectivity index (χ1v) is 10.1. The molecule has 2 aliphatic carbocycles. The third-order valence-corrected chi connectivity index (χ3v) is 5.88. The normalized spacial score (nSPS) is 27.9. The monoisotopic (exact) mass is 461 g/mol. The summed E-state index contributed by atoms with van der Waals surface area (Å²) < 4.78 is 6.28. The van der Waals surface area contributed by atoms with Gasteiger partial charge >= 0.3 is 5.69 Å². The highest BCUT2D eigenvalue weighted by Crippen LogP contribution is 2.52. The van der Waals surface area contributed by atoms with Crippen molar-refractivity contribution in [1.29, 1.82) is 0 Å². The van der Waals surface area contributed by atoms with Crippen molar-refractivity contribution in [2.75, 3.05) is 0 Å². The average molecular weight is 462 g/mol. The molecule has 2 bridgehead atoms. The lowest BCUT2D eigenvalue weighted by Gasteiger charge is -2.22. The van der Waals surface area contributed by atoms with Gasteiger partial charge in [0, 0.05) is 16.1 Å². The number of hydrogen-bond acceptors (Lipinski definition) is 6. The molecular formula is C20H20BrN3O5. The molecule has 4 rings (SSSR count). The Morgan fingerprint density at radius 3 is 2.31 bits per heavy atom. The topological polar surface area (TPSA) is 102 Å². The molecule has 1 aromatic carbocycles. The first-order valence-electron chi connectivity index (χ1n) is 9.34. The van der Waals surface area contributed by atoms with E-state index >= 15 is 0 Å². The highest BCUT2D eigenvalue weighted by Gasteiger charge is 2.59. The molecule has 2 fully saturated rings. The van der Waals surface area contributed by atoms with Crippen molar-refractivity contribution in [1.82, 2.24) is 5.01 Å². The second-order valence-electron chi connectivity index (χ2n) is 8.55. The van der Waals surface area contributed by atoms with Crippen LogP contribution in [0.1, 0.15) is 32.8 Å². The highest BCUT2D eigenvalue weighted by molar-refractivity contribution is 9.10. The molecule has 1 heterocycles. The van der Waals surface area contributed by atoms with Crippen molar-refractivity contribution >= 4 is 39.6 Å². The third-order valence-electron chi connectivity index (χ3n) is 5.43. The Hall–Kier alpha value is -2.55. The summed E-state index contributed by atoms with van der Waals surface area (Å²) in [7, 11) is 0. The van der Waals surface area contributed by atoms with Gasteiger partial charge in [0.25, 0.3) is 11.8 Å². The van der Waals surface area contributed by atoms with Crippen LogP contribution in [0.5, 0.6) is 5.75 Å². The fraction of sp³-hybridized carbons (Fsp3) is 0.450. The second kappa shape index (κ2) is 6.76. The smallest absolute Gasteiger partial charge is 0.312 e. The van der Waals surface area contributed by atoms with E-state index in [1.54, 1.807) is 26.8 Å². The Morgan fingerprint density at radius 1 is 1.21 bits per heavy atom. The first kappa shape index (κ1) is 19.8. The van der Waals surface area contributed by atoms with Crippen LogP contribution < -0.4 is 4.74 Å². The van der Waals surface area contributed by atoms with E-state index in [2.05, 4.69) is 21.0 Å². The van der Waals surface area contributed by atoms with Crippen molar-refractivity contribution in [3.05, 3.63) is 44.4 Å². The van der Waals surface area contributed by atoms with E-state index in [0.29, 0.717) is 10.0 Å². The summed E-state index contributed by atoms with van der Waals surface area (Å²) in [4.78, 5) is 36.5. The molecule has 1 saturated heterocycles. The molecule has 0 aromatic heterocycles. The average Bonchev–Trinajstić information content (AvgIpc) is 3.28. The number of imide groups is 1. The van der Waals surface area contributed by atoms with Crippen LogP contribution in [0.3, 0.4) is 0 Å². The maximum atomic E-state index is 12.8. The molecule has 8 nitrogen and oxygen atoms in total. The lowest BCUT2D eigenvalue weighted by atomic mass is 9.85. The van der Waals surface area contributed by atoms with Crippen molar-refractivity contribution in [2.24, 2.45) is 28.8 Å². The molecule has 0 radical (unpaired) electrons. The van der Waals surface area contributed by atoms with Crippen LogP contribution in [0.25, 0.3) is 0 Å². The van der Waals surface area contributed by atoms with E-state index < -0.39 is 10.5 Å². The van der Waals surface area contributed by atoms with Crippen LogP contribution in [-0.4, -0.2) is 33.6 Å². The number of fused-ring (bicyclic) bond motifs is 5. The zero-order chi connectivity index (χ0) is 21.1. The van der Waals surface area contributed by atoms with Crippen LogP contribution >= 0.6 is 15.9 Å². The van der Waals surface area contributed by atoms with Gasteiger partial charge in [0.15, 0.2) is 0 Å². The molecule has 1 aliphatic heterocycles. The summed E-state index contributed by atoms with van der Waals surface area (Å²) in [5.41, 5.74) is -0.615. The summed E-state index contributed by atoms with van der Waals surface area (Å²) in [5.74, 6) is -1.10. The number of rotatable bonds is 4. The van der Waals surface area contributed by atoms with Crippen LogP contribution in [-0.2, 0) is 9.59 Å². The number of halogens is 1. The Morgan fingerprint density at radius 2 is 1.79 bits per heavy atom. The summed E-state index contributed by atoms with van der Waals surface area (Å²) in [6, 6.07) is 2.95. The van der Waals surface area contributed by atoms with Crippen molar-refractivity contribution in [3.8, 4) is 5.75 Å². The van der Waals surface area contributed by atoms with Crippen molar-refractivity contribution in [3.63, 3.8) is 0 Å². The number of amides is 2. The maximum Gasteiger partial charge on any atom is 0.312 e. The van der Waals surface area contributed by atoms with Gasteiger partial charge in [-0.1, -0.05) is 28.1 Å². The van der Waals surface area contributed by atoms with E-state index in [0.717, 1.165) is 11.4 Å². The van der Waals surface area contributed by atoms with Gasteiger partial charge < -0.3 is 4.74 Å². The van der Waals surface area contributed by atoms with Gasteiger partial charge in [0.2, 0.25) is 5.75 Å². The molecule has 29 heavy (non-hydrogen) atoms. The Bertz CT molecular complexity index is 951. The summed E-state index contributed by atoms with van der Waals surface area (Å²) in [5, 5.41) is 16.6. The number of nitrogens with zero attached hydrogens (tertiary/aromatic N) is 3. The molecule has 0 N–H and O–H groups in total. The predicted octanol–water partition coefficient (Wildman–Crippen LogP) is 3.68. The van der Waals surface area contributed by atoms with Crippen molar-refractivity contribution < 1.29 is 19.2 Å². The molecule has 152 valence electrons. The van der Waals surface area contributed by atoms with Crippen LogP contribution in [0, 0.1) is 33.8 Å².